The van der Waals surface area contributed by atoms with Gasteiger partial charge in [-0.25, -0.2) is 13.1 Å². The Morgan fingerprint density at radius 2 is 1.86 bits per heavy atom. The SMILES string of the molecule is COc1cccc(C(O)CNS(=O)(=O)Cc2ccccc2)c1. The van der Waals surface area contributed by atoms with Crippen LogP contribution in [0.1, 0.15) is 17.2 Å². The summed E-state index contributed by atoms with van der Waals surface area (Å²) in [5.74, 6) is 0.502. The molecule has 0 saturated heterocycles. The summed E-state index contributed by atoms with van der Waals surface area (Å²) in [6, 6.07) is 15.8. The van der Waals surface area contributed by atoms with Crippen molar-refractivity contribution in [2.45, 2.75) is 11.9 Å². The number of hydrogen-bond acceptors (Lipinski definition) is 4. The van der Waals surface area contributed by atoms with Gasteiger partial charge in [0.25, 0.3) is 0 Å². The lowest BCUT2D eigenvalue weighted by atomic mass is 10.1. The molecule has 0 fully saturated rings. The van der Waals surface area contributed by atoms with Crippen molar-refractivity contribution in [2.24, 2.45) is 0 Å². The van der Waals surface area contributed by atoms with Gasteiger partial charge in [-0.05, 0) is 23.3 Å². The van der Waals surface area contributed by atoms with Crippen LogP contribution in [0.3, 0.4) is 0 Å². The van der Waals surface area contributed by atoms with Crippen molar-refractivity contribution in [1.29, 1.82) is 0 Å². The van der Waals surface area contributed by atoms with E-state index in [4.69, 9.17) is 4.74 Å². The van der Waals surface area contributed by atoms with Crippen LogP contribution < -0.4 is 9.46 Å². The van der Waals surface area contributed by atoms with E-state index in [-0.39, 0.29) is 12.3 Å². The number of methoxy groups -OCH3 is 1. The molecular weight excluding hydrogens is 302 g/mol. The van der Waals surface area contributed by atoms with Gasteiger partial charge in [0.2, 0.25) is 10.0 Å². The van der Waals surface area contributed by atoms with Crippen molar-refractivity contribution in [3.8, 4) is 5.75 Å². The quantitative estimate of drug-likeness (QED) is 0.816. The van der Waals surface area contributed by atoms with Crippen LogP contribution in [0.15, 0.2) is 54.6 Å². The molecular formula is C16H19NO4S. The summed E-state index contributed by atoms with van der Waals surface area (Å²) in [5.41, 5.74) is 1.30. The largest absolute Gasteiger partial charge is 0.497 e. The lowest BCUT2D eigenvalue weighted by molar-refractivity contribution is 0.181. The fourth-order valence-electron chi connectivity index (χ4n) is 2.02. The van der Waals surface area contributed by atoms with Crippen molar-refractivity contribution >= 4 is 10.0 Å². The molecule has 0 aliphatic rings. The van der Waals surface area contributed by atoms with Crippen molar-refractivity contribution in [2.75, 3.05) is 13.7 Å². The number of sulfonamides is 1. The Kier molecular flexibility index (Phi) is 5.54. The Balaban J connectivity index is 1.96. The molecule has 2 aromatic carbocycles. The maximum absolute atomic E-state index is 12.0. The molecule has 22 heavy (non-hydrogen) atoms. The molecule has 0 saturated carbocycles. The van der Waals surface area contributed by atoms with E-state index in [9.17, 15) is 13.5 Å². The van der Waals surface area contributed by atoms with Gasteiger partial charge < -0.3 is 9.84 Å². The first kappa shape index (κ1) is 16.5. The van der Waals surface area contributed by atoms with Crippen LogP contribution in [0, 0.1) is 0 Å². The highest BCUT2D eigenvalue weighted by Gasteiger charge is 2.15. The number of aliphatic hydroxyl groups is 1. The van der Waals surface area contributed by atoms with Gasteiger partial charge in [0, 0.05) is 6.54 Å². The Labute approximate surface area is 130 Å². The smallest absolute Gasteiger partial charge is 0.215 e. The zero-order valence-electron chi connectivity index (χ0n) is 12.3. The van der Waals surface area contributed by atoms with Crippen molar-refractivity contribution in [3.05, 3.63) is 65.7 Å². The van der Waals surface area contributed by atoms with Gasteiger partial charge in [-0.3, -0.25) is 0 Å². The number of rotatable bonds is 7. The molecule has 1 unspecified atom stereocenters. The first-order valence-electron chi connectivity index (χ1n) is 6.83. The Morgan fingerprint density at radius 1 is 1.14 bits per heavy atom. The van der Waals surface area contributed by atoms with Gasteiger partial charge in [0.15, 0.2) is 0 Å². The minimum atomic E-state index is -3.49. The molecule has 1 atom stereocenters. The molecule has 0 radical (unpaired) electrons. The fraction of sp³-hybridized carbons (Fsp3) is 0.250. The predicted octanol–water partition coefficient (Wildman–Crippen LogP) is 1.85. The van der Waals surface area contributed by atoms with Crippen molar-refractivity contribution < 1.29 is 18.3 Å². The summed E-state index contributed by atoms with van der Waals surface area (Å²) in [6.45, 7) is -0.0810. The van der Waals surface area contributed by atoms with E-state index in [1.165, 1.54) is 7.11 Å². The van der Waals surface area contributed by atoms with Gasteiger partial charge in [-0.2, -0.15) is 0 Å². The second-order valence-corrected chi connectivity index (χ2v) is 6.69. The molecule has 0 aliphatic carbocycles. The molecule has 2 rings (SSSR count). The standard InChI is InChI=1S/C16H19NO4S/c1-21-15-9-5-8-14(10-15)16(18)11-17-22(19,20)12-13-6-3-2-4-7-13/h2-10,16-18H,11-12H2,1H3. The van der Waals surface area contributed by atoms with Crippen LogP contribution in [0.4, 0.5) is 0 Å². The van der Waals surface area contributed by atoms with Gasteiger partial charge in [-0.15, -0.1) is 0 Å². The van der Waals surface area contributed by atoms with Crippen LogP contribution in [-0.2, 0) is 15.8 Å². The van der Waals surface area contributed by atoms with Gasteiger partial charge in [0.05, 0.1) is 19.0 Å². The maximum Gasteiger partial charge on any atom is 0.215 e. The summed E-state index contributed by atoms with van der Waals surface area (Å²) in [5, 5.41) is 10.1. The van der Waals surface area contributed by atoms with Crippen LogP contribution in [0.2, 0.25) is 0 Å². The Morgan fingerprint density at radius 3 is 2.55 bits per heavy atom. The third kappa shape index (κ3) is 4.84. The van der Waals surface area contributed by atoms with E-state index in [0.717, 1.165) is 0 Å². The number of benzene rings is 2. The second kappa shape index (κ2) is 7.40. The molecule has 5 nitrogen and oxygen atoms in total. The number of nitrogens with one attached hydrogen (secondary N) is 1. The predicted molar refractivity (Wildman–Crippen MR) is 85.0 cm³/mol. The highest BCUT2D eigenvalue weighted by molar-refractivity contribution is 7.88. The van der Waals surface area contributed by atoms with Crippen LogP contribution >= 0.6 is 0 Å². The zero-order chi connectivity index (χ0) is 16.0. The lowest BCUT2D eigenvalue weighted by Gasteiger charge is -2.13. The van der Waals surface area contributed by atoms with E-state index >= 15 is 0 Å². The summed E-state index contributed by atoms with van der Waals surface area (Å²) in [6.07, 6.45) is -0.930. The first-order chi connectivity index (χ1) is 10.5. The number of aliphatic hydroxyl groups excluding tert-OH is 1. The van der Waals surface area contributed by atoms with E-state index in [1.54, 1.807) is 48.5 Å². The minimum Gasteiger partial charge on any atom is -0.497 e. The Bertz CT molecular complexity index is 701. The molecule has 0 heterocycles. The highest BCUT2D eigenvalue weighted by Crippen LogP contribution is 2.18. The van der Waals surface area contributed by atoms with E-state index in [2.05, 4.69) is 4.72 Å². The molecule has 2 aromatic rings. The zero-order valence-corrected chi connectivity index (χ0v) is 13.1. The second-order valence-electron chi connectivity index (χ2n) is 4.89. The van der Waals surface area contributed by atoms with Gasteiger partial charge >= 0.3 is 0 Å². The highest BCUT2D eigenvalue weighted by atomic mass is 32.2. The van der Waals surface area contributed by atoms with Crippen molar-refractivity contribution in [1.82, 2.24) is 4.72 Å². The number of ether oxygens (including phenoxy) is 1. The van der Waals surface area contributed by atoms with Crippen molar-refractivity contribution in [3.63, 3.8) is 0 Å². The number of hydrogen-bond donors (Lipinski definition) is 2. The molecule has 6 heteroatoms. The Hall–Kier alpha value is -1.89. The molecule has 118 valence electrons. The van der Waals surface area contributed by atoms with Crippen LogP contribution in [-0.4, -0.2) is 27.2 Å². The molecule has 0 bridgehead atoms. The topological polar surface area (TPSA) is 75.6 Å². The van der Waals surface area contributed by atoms with Crippen LogP contribution in [0.25, 0.3) is 0 Å². The van der Waals surface area contributed by atoms with E-state index in [1.807, 2.05) is 6.07 Å². The summed E-state index contributed by atoms with van der Waals surface area (Å²) < 4.78 is 31.5. The summed E-state index contributed by atoms with van der Waals surface area (Å²) in [7, 11) is -1.96. The monoisotopic (exact) mass is 321 g/mol. The molecule has 2 N–H and O–H groups in total. The maximum atomic E-state index is 12.0. The molecule has 0 amide bonds. The summed E-state index contributed by atoms with van der Waals surface area (Å²) >= 11 is 0. The van der Waals surface area contributed by atoms with Gasteiger partial charge in [0.1, 0.15) is 5.75 Å². The van der Waals surface area contributed by atoms with E-state index < -0.39 is 16.1 Å². The fourth-order valence-corrected chi connectivity index (χ4v) is 3.16. The lowest BCUT2D eigenvalue weighted by Crippen LogP contribution is -2.29. The average Bonchev–Trinajstić information content (AvgIpc) is 2.53. The first-order valence-corrected chi connectivity index (χ1v) is 8.49. The molecule has 0 spiro atoms. The third-order valence-electron chi connectivity index (χ3n) is 3.17. The summed E-state index contributed by atoms with van der Waals surface area (Å²) in [4.78, 5) is 0. The van der Waals surface area contributed by atoms with Gasteiger partial charge in [-0.1, -0.05) is 42.5 Å². The average molecular weight is 321 g/mol. The van der Waals surface area contributed by atoms with E-state index in [0.29, 0.717) is 16.9 Å². The van der Waals surface area contributed by atoms with Crippen LogP contribution in [0.5, 0.6) is 5.75 Å². The minimum absolute atomic E-state index is 0.0810. The molecule has 0 aromatic heterocycles. The normalized spacial score (nSPS) is 12.8. The third-order valence-corrected chi connectivity index (χ3v) is 4.49. The molecule has 0 aliphatic heterocycles.